The van der Waals surface area contributed by atoms with Gasteiger partial charge in [-0.15, -0.1) is 0 Å². The molecule has 9 nitrogen and oxygen atoms in total. The molecule has 1 aromatic rings. The fourth-order valence-electron chi connectivity index (χ4n) is 2.60. The number of carbonyl (C=O) groups excluding carboxylic acids is 2. The summed E-state index contributed by atoms with van der Waals surface area (Å²) >= 11 is 0. The second-order valence-electron chi connectivity index (χ2n) is 5.78. The lowest BCUT2D eigenvalue weighted by Gasteiger charge is -2.26. The molecule has 1 amide bonds. The fourth-order valence-corrected chi connectivity index (χ4v) is 2.60. The molecule has 1 aromatic carbocycles. The highest BCUT2D eigenvalue weighted by Gasteiger charge is 2.22. The molecule has 0 radical (unpaired) electrons. The van der Waals surface area contributed by atoms with Crippen molar-refractivity contribution in [1.29, 1.82) is 0 Å². The van der Waals surface area contributed by atoms with Crippen molar-refractivity contribution in [3.63, 3.8) is 0 Å². The van der Waals surface area contributed by atoms with E-state index in [2.05, 4.69) is 4.74 Å². The zero-order valence-corrected chi connectivity index (χ0v) is 17.3. The molecule has 0 saturated carbocycles. The molecule has 0 aliphatic heterocycles. The lowest BCUT2D eigenvalue weighted by Crippen LogP contribution is -2.41. The van der Waals surface area contributed by atoms with Gasteiger partial charge < -0.3 is 33.3 Å². The molecular weight excluding hydrogens is 370 g/mol. The highest BCUT2D eigenvalue weighted by Crippen LogP contribution is 2.38. The largest absolute Gasteiger partial charge is 0.493 e. The smallest absolute Gasteiger partial charge is 0.307 e. The Kier molecular flexibility index (Phi) is 10.1. The lowest BCUT2D eigenvalue weighted by atomic mass is 10.1. The van der Waals surface area contributed by atoms with Gasteiger partial charge in [0.25, 0.3) is 0 Å². The second-order valence-corrected chi connectivity index (χ2v) is 5.78. The maximum absolute atomic E-state index is 12.9. The SMILES string of the molecule is COC(=O)CCN(CC(OC)OC)C(=O)Cc1cc(OC)c(OC)c(OC)c1. The zero-order chi connectivity index (χ0) is 21.1. The number of hydrogen-bond donors (Lipinski definition) is 0. The standard InChI is InChI=1S/C19H29NO8/c1-23-14-9-13(10-15(24-2)19(14)28-6)11-16(21)20(8-7-17(22)25-3)12-18(26-4)27-5/h9-10,18H,7-8,11-12H2,1-6H3. The normalized spacial score (nSPS) is 10.5. The molecule has 0 saturated heterocycles. The van der Waals surface area contributed by atoms with Crippen molar-refractivity contribution in [2.24, 2.45) is 0 Å². The number of carbonyl (C=O) groups is 2. The molecule has 0 aliphatic rings. The Morgan fingerprint density at radius 3 is 1.93 bits per heavy atom. The third-order valence-electron chi connectivity index (χ3n) is 4.14. The molecule has 0 N–H and O–H groups in total. The molecule has 28 heavy (non-hydrogen) atoms. The van der Waals surface area contributed by atoms with E-state index in [1.165, 1.54) is 47.6 Å². The van der Waals surface area contributed by atoms with Crippen LogP contribution in [0.2, 0.25) is 0 Å². The quantitative estimate of drug-likeness (QED) is 0.383. The first kappa shape index (κ1) is 23.5. The van der Waals surface area contributed by atoms with Gasteiger partial charge in [0.15, 0.2) is 17.8 Å². The van der Waals surface area contributed by atoms with Crippen LogP contribution in [0.3, 0.4) is 0 Å². The first-order valence-electron chi connectivity index (χ1n) is 8.63. The molecule has 0 spiro atoms. The van der Waals surface area contributed by atoms with Crippen molar-refractivity contribution in [3.8, 4) is 17.2 Å². The van der Waals surface area contributed by atoms with Crippen LogP contribution in [0.5, 0.6) is 17.2 Å². The van der Waals surface area contributed by atoms with Crippen molar-refractivity contribution in [1.82, 2.24) is 4.90 Å². The van der Waals surface area contributed by atoms with Crippen molar-refractivity contribution in [2.75, 3.05) is 55.7 Å². The summed E-state index contributed by atoms with van der Waals surface area (Å²) in [6, 6.07) is 3.42. The maximum Gasteiger partial charge on any atom is 0.307 e. The molecule has 0 heterocycles. The third-order valence-corrected chi connectivity index (χ3v) is 4.14. The van der Waals surface area contributed by atoms with Gasteiger partial charge in [-0.25, -0.2) is 0 Å². The van der Waals surface area contributed by atoms with E-state index in [9.17, 15) is 9.59 Å². The topological polar surface area (TPSA) is 92.8 Å². The Labute approximate surface area is 165 Å². The molecular formula is C19H29NO8. The van der Waals surface area contributed by atoms with Crippen LogP contribution in [0.15, 0.2) is 12.1 Å². The predicted octanol–water partition coefficient (Wildman–Crippen LogP) is 1.27. The van der Waals surface area contributed by atoms with Gasteiger partial charge in [-0.2, -0.15) is 0 Å². The zero-order valence-electron chi connectivity index (χ0n) is 17.3. The van der Waals surface area contributed by atoms with E-state index in [0.717, 1.165) is 0 Å². The first-order valence-corrected chi connectivity index (χ1v) is 8.63. The van der Waals surface area contributed by atoms with Gasteiger partial charge in [-0.3, -0.25) is 9.59 Å². The van der Waals surface area contributed by atoms with E-state index in [1.807, 2.05) is 0 Å². The van der Waals surface area contributed by atoms with E-state index in [0.29, 0.717) is 22.8 Å². The van der Waals surface area contributed by atoms with Gasteiger partial charge in [-0.05, 0) is 17.7 Å². The van der Waals surface area contributed by atoms with Crippen molar-refractivity contribution >= 4 is 11.9 Å². The molecule has 0 atom stereocenters. The Balaban J connectivity index is 3.03. The highest BCUT2D eigenvalue weighted by molar-refractivity contribution is 5.80. The van der Waals surface area contributed by atoms with Gasteiger partial charge in [-0.1, -0.05) is 0 Å². The minimum atomic E-state index is -0.610. The first-order chi connectivity index (χ1) is 13.4. The van der Waals surface area contributed by atoms with Crippen LogP contribution in [0.25, 0.3) is 0 Å². The summed E-state index contributed by atoms with van der Waals surface area (Å²) in [5, 5.41) is 0. The Bertz CT molecular complexity index is 620. The minimum absolute atomic E-state index is 0.0671. The Morgan fingerprint density at radius 2 is 1.50 bits per heavy atom. The number of rotatable bonds is 12. The number of hydrogen-bond acceptors (Lipinski definition) is 8. The summed E-state index contributed by atoms with van der Waals surface area (Å²) < 4.78 is 31.0. The van der Waals surface area contributed by atoms with E-state index in [-0.39, 0.29) is 31.8 Å². The van der Waals surface area contributed by atoms with Gasteiger partial charge in [0.2, 0.25) is 11.7 Å². The number of ether oxygens (including phenoxy) is 6. The Morgan fingerprint density at radius 1 is 0.929 bits per heavy atom. The van der Waals surface area contributed by atoms with Crippen molar-refractivity contribution in [2.45, 2.75) is 19.1 Å². The van der Waals surface area contributed by atoms with E-state index >= 15 is 0 Å². The number of esters is 1. The number of amides is 1. The van der Waals surface area contributed by atoms with Crippen molar-refractivity contribution < 1.29 is 38.0 Å². The molecule has 0 fully saturated rings. The van der Waals surface area contributed by atoms with Gasteiger partial charge in [0.1, 0.15) is 0 Å². The van der Waals surface area contributed by atoms with Crippen LogP contribution in [0.4, 0.5) is 0 Å². The summed E-state index contributed by atoms with van der Waals surface area (Å²) in [4.78, 5) is 25.9. The highest BCUT2D eigenvalue weighted by atomic mass is 16.7. The van der Waals surface area contributed by atoms with Crippen LogP contribution in [0, 0.1) is 0 Å². The van der Waals surface area contributed by atoms with Crippen LogP contribution >= 0.6 is 0 Å². The molecule has 1 rings (SSSR count). The number of nitrogens with zero attached hydrogens (tertiary/aromatic N) is 1. The summed E-state index contributed by atoms with van der Waals surface area (Å²) in [5.41, 5.74) is 0.675. The molecule has 0 aromatic heterocycles. The molecule has 0 bridgehead atoms. The van der Waals surface area contributed by atoms with Crippen LogP contribution < -0.4 is 14.2 Å². The van der Waals surface area contributed by atoms with Gasteiger partial charge in [0.05, 0.1) is 47.8 Å². The van der Waals surface area contributed by atoms with Crippen LogP contribution in [-0.4, -0.2) is 78.8 Å². The lowest BCUT2D eigenvalue weighted by molar-refractivity contribution is -0.148. The average Bonchev–Trinajstić information content (AvgIpc) is 2.72. The molecule has 158 valence electrons. The van der Waals surface area contributed by atoms with Crippen molar-refractivity contribution in [3.05, 3.63) is 17.7 Å². The molecule has 0 aliphatic carbocycles. The van der Waals surface area contributed by atoms with E-state index < -0.39 is 12.3 Å². The fraction of sp³-hybridized carbons (Fsp3) is 0.579. The second kappa shape index (κ2) is 12.0. The average molecular weight is 399 g/mol. The Hall–Kier alpha value is -2.52. The van der Waals surface area contributed by atoms with Crippen LogP contribution in [-0.2, 0) is 30.2 Å². The predicted molar refractivity (Wildman–Crippen MR) is 101 cm³/mol. The molecule has 9 heteroatoms. The summed E-state index contributed by atoms with van der Waals surface area (Å²) in [7, 11) is 8.79. The van der Waals surface area contributed by atoms with Crippen LogP contribution in [0.1, 0.15) is 12.0 Å². The summed E-state index contributed by atoms with van der Waals surface area (Å²) in [5.74, 6) is 0.742. The minimum Gasteiger partial charge on any atom is -0.493 e. The summed E-state index contributed by atoms with van der Waals surface area (Å²) in [6.45, 7) is 0.354. The van der Waals surface area contributed by atoms with E-state index in [1.54, 1.807) is 12.1 Å². The van der Waals surface area contributed by atoms with Gasteiger partial charge >= 0.3 is 5.97 Å². The van der Waals surface area contributed by atoms with E-state index in [4.69, 9.17) is 23.7 Å². The maximum atomic E-state index is 12.9. The summed E-state index contributed by atoms with van der Waals surface area (Å²) in [6.07, 6.45) is -0.475. The third kappa shape index (κ3) is 6.58. The number of methoxy groups -OCH3 is 6. The monoisotopic (exact) mass is 399 g/mol. The van der Waals surface area contributed by atoms with Gasteiger partial charge in [0, 0.05) is 20.8 Å². The number of benzene rings is 1. The molecule has 0 unspecified atom stereocenters.